The molecule has 5 heteroatoms. The Labute approximate surface area is 144 Å². The van der Waals surface area contributed by atoms with Crippen molar-refractivity contribution in [3.05, 3.63) is 29.8 Å². The number of ether oxygens (including phenoxy) is 1. The highest BCUT2D eigenvalue weighted by atomic mass is 127. The molecule has 1 fully saturated rings. The highest BCUT2D eigenvalue weighted by Gasteiger charge is 2.22. The molecule has 3 N–H and O–H groups in total. The standard InChI is InChI=1S/C16H25N3O.HI/c1-3-12(2)19-16(17)18-10-14-6-4-5-7-15(14)20-11-13-8-9-13;/h4-7,12-13H,3,8-11H2,1-2H3,(H3,17,18,19);1H. The molecule has 0 aromatic heterocycles. The molecule has 0 heterocycles. The van der Waals surface area contributed by atoms with Gasteiger partial charge in [0.1, 0.15) is 5.75 Å². The van der Waals surface area contributed by atoms with Crippen molar-refractivity contribution in [3.63, 3.8) is 0 Å². The molecule has 0 aliphatic heterocycles. The summed E-state index contributed by atoms with van der Waals surface area (Å²) in [5, 5.41) is 3.17. The van der Waals surface area contributed by atoms with Crippen molar-refractivity contribution in [1.29, 1.82) is 0 Å². The molecule has 0 bridgehead atoms. The van der Waals surface area contributed by atoms with E-state index >= 15 is 0 Å². The minimum absolute atomic E-state index is 0. The molecule has 1 aliphatic carbocycles. The maximum atomic E-state index is 5.88. The first-order valence-electron chi connectivity index (χ1n) is 7.46. The quantitative estimate of drug-likeness (QED) is 0.417. The first-order valence-corrected chi connectivity index (χ1v) is 7.46. The number of nitrogens with one attached hydrogen (secondary N) is 1. The molecule has 1 saturated carbocycles. The van der Waals surface area contributed by atoms with Crippen LogP contribution in [0.25, 0.3) is 0 Å². The van der Waals surface area contributed by atoms with Crippen molar-refractivity contribution >= 4 is 29.9 Å². The van der Waals surface area contributed by atoms with Crippen LogP contribution in [0.1, 0.15) is 38.7 Å². The summed E-state index contributed by atoms with van der Waals surface area (Å²) in [5.41, 5.74) is 6.96. The lowest BCUT2D eigenvalue weighted by molar-refractivity contribution is 0.297. The Morgan fingerprint density at radius 2 is 2.14 bits per heavy atom. The van der Waals surface area contributed by atoms with Gasteiger partial charge in [0.05, 0.1) is 13.2 Å². The predicted octanol–water partition coefficient (Wildman–Crippen LogP) is 3.30. The molecule has 0 amide bonds. The van der Waals surface area contributed by atoms with Crippen molar-refractivity contribution in [2.75, 3.05) is 6.61 Å². The van der Waals surface area contributed by atoms with Gasteiger partial charge in [0, 0.05) is 11.6 Å². The molecule has 118 valence electrons. The lowest BCUT2D eigenvalue weighted by Gasteiger charge is -2.13. The van der Waals surface area contributed by atoms with Gasteiger partial charge < -0.3 is 15.8 Å². The van der Waals surface area contributed by atoms with E-state index in [-0.39, 0.29) is 24.0 Å². The van der Waals surface area contributed by atoms with Crippen molar-refractivity contribution in [2.45, 2.75) is 45.7 Å². The lowest BCUT2D eigenvalue weighted by Crippen LogP contribution is -2.38. The maximum Gasteiger partial charge on any atom is 0.189 e. The molecule has 21 heavy (non-hydrogen) atoms. The zero-order valence-electron chi connectivity index (χ0n) is 12.8. The smallest absolute Gasteiger partial charge is 0.189 e. The third kappa shape index (κ3) is 6.54. The van der Waals surface area contributed by atoms with Crippen LogP contribution in [-0.2, 0) is 6.54 Å². The van der Waals surface area contributed by atoms with Crippen LogP contribution in [0.4, 0.5) is 0 Å². The summed E-state index contributed by atoms with van der Waals surface area (Å²) in [7, 11) is 0. The number of nitrogens with zero attached hydrogens (tertiary/aromatic N) is 1. The summed E-state index contributed by atoms with van der Waals surface area (Å²) < 4.78 is 5.87. The fraction of sp³-hybridized carbons (Fsp3) is 0.562. The van der Waals surface area contributed by atoms with Crippen molar-refractivity contribution in [1.82, 2.24) is 5.32 Å². The van der Waals surface area contributed by atoms with Crippen molar-refractivity contribution in [2.24, 2.45) is 16.6 Å². The van der Waals surface area contributed by atoms with Gasteiger partial charge in [-0.1, -0.05) is 25.1 Å². The Bertz CT molecular complexity index is 461. The molecule has 4 nitrogen and oxygen atoms in total. The van der Waals surface area contributed by atoms with Crippen LogP contribution in [0, 0.1) is 5.92 Å². The number of hydrogen-bond acceptors (Lipinski definition) is 2. The van der Waals surface area contributed by atoms with Gasteiger partial charge in [0.15, 0.2) is 5.96 Å². The molecule has 1 unspecified atom stereocenters. The molecule has 1 aromatic rings. The molecule has 0 spiro atoms. The minimum atomic E-state index is 0. The second kappa shape index (κ2) is 9.12. The molecule has 2 rings (SSSR count). The molecule has 1 aromatic carbocycles. The topological polar surface area (TPSA) is 59.6 Å². The first kappa shape index (κ1) is 18.1. The monoisotopic (exact) mass is 403 g/mol. The van der Waals surface area contributed by atoms with Gasteiger partial charge in [0.2, 0.25) is 0 Å². The average molecular weight is 403 g/mol. The van der Waals surface area contributed by atoms with Crippen molar-refractivity contribution in [3.8, 4) is 5.75 Å². The number of nitrogens with two attached hydrogens (primary N) is 1. The van der Waals surface area contributed by atoms with Crippen LogP contribution in [0.2, 0.25) is 0 Å². The van der Waals surface area contributed by atoms with E-state index in [2.05, 4.69) is 24.2 Å². The Kier molecular flexibility index (Phi) is 7.85. The van der Waals surface area contributed by atoms with E-state index in [0.29, 0.717) is 18.5 Å². The van der Waals surface area contributed by atoms with E-state index in [1.54, 1.807) is 0 Å². The van der Waals surface area contributed by atoms with E-state index in [4.69, 9.17) is 10.5 Å². The van der Waals surface area contributed by atoms with Crippen molar-refractivity contribution < 1.29 is 4.74 Å². The van der Waals surface area contributed by atoms with Crippen LogP contribution < -0.4 is 15.8 Å². The fourth-order valence-corrected chi connectivity index (χ4v) is 1.84. The Hall–Kier alpha value is -0.980. The average Bonchev–Trinajstić information content (AvgIpc) is 3.27. The summed E-state index contributed by atoms with van der Waals surface area (Å²) in [5.74, 6) is 2.18. The van der Waals surface area contributed by atoms with E-state index in [1.807, 2.05) is 24.3 Å². The zero-order chi connectivity index (χ0) is 14.4. The van der Waals surface area contributed by atoms with E-state index < -0.39 is 0 Å². The molecular formula is C16H26IN3O. The number of halogens is 1. The van der Waals surface area contributed by atoms with Gasteiger partial charge in [-0.05, 0) is 38.2 Å². The van der Waals surface area contributed by atoms with Gasteiger partial charge in [-0.3, -0.25) is 0 Å². The van der Waals surface area contributed by atoms with Crippen LogP contribution in [-0.4, -0.2) is 18.6 Å². The fourth-order valence-electron chi connectivity index (χ4n) is 1.84. The Balaban J connectivity index is 0.00000220. The normalized spacial score (nSPS) is 16.0. The number of guanidine groups is 1. The molecule has 0 saturated heterocycles. The van der Waals surface area contributed by atoms with Crippen LogP contribution in [0.15, 0.2) is 29.3 Å². The lowest BCUT2D eigenvalue weighted by atomic mass is 10.2. The van der Waals surface area contributed by atoms with Gasteiger partial charge >= 0.3 is 0 Å². The van der Waals surface area contributed by atoms with E-state index in [0.717, 1.165) is 30.3 Å². The van der Waals surface area contributed by atoms with Gasteiger partial charge in [-0.2, -0.15) is 0 Å². The second-order valence-corrected chi connectivity index (χ2v) is 5.52. The summed E-state index contributed by atoms with van der Waals surface area (Å²) >= 11 is 0. The van der Waals surface area contributed by atoms with Gasteiger partial charge in [-0.25, -0.2) is 4.99 Å². The summed E-state index contributed by atoms with van der Waals surface area (Å²) in [6, 6.07) is 8.40. The maximum absolute atomic E-state index is 5.88. The van der Waals surface area contributed by atoms with Gasteiger partial charge in [0.25, 0.3) is 0 Å². The third-order valence-corrected chi connectivity index (χ3v) is 3.57. The second-order valence-electron chi connectivity index (χ2n) is 5.52. The Morgan fingerprint density at radius 3 is 2.81 bits per heavy atom. The zero-order valence-corrected chi connectivity index (χ0v) is 15.2. The molecule has 0 radical (unpaired) electrons. The summed E-state index contributed by atoms with van der Waals surface area (Å²) in [6.07, 6.45) is 3.62. The Morgan fingerprint density at radius 1 is 1.43 bits per heavy atom. The van der Waals surface area contributed by atoms with Gasteiger partial charge in [-0.15, -0.1) is 24.0 Å². The molecular weight excluding hydrogens is 377 g/mol. The SMILES string of the molecule is CCC(C)NC(N)=NCc1ccccc1OCC1CC1.I. The third-order valence-electron chi connectivity index (χ3n) is 3.57. The minimum Gasteiger partial charge on any atom is -0.493 e. The van der Waals surface area contributed by atoms with E-state index in [9.17, 15) is 0 Å². The number of para-hydroxylation sites is 1. The number of aliphatic imine (C=N–C) groups is 1. The number of hydrogen-bond donors (Lipinski definition) is 2. The molecule has 1 aliphatic rings. The largest absolute Gasteiger partial charge is 0.493 e. The predicted molar refractivity (Wildman–Crippen MR) is 98.3 cm³/mol. The number of benzene rings is 1. The summed E-state index contributed by atoms with van der Waals surface area (Å²) in [6.45, 7) is 5.58. The first-order chi connectivity index (χ1) is 9.69. The highest BCUT2D eigenvalue weighted by molar-refractivity contribution is 14.0. The number of rotatable bonds is 7. The van der Waals surface area contributed by atoms with Crippen LogP contribution >= 0.6 is 24.0 Å². The highest BCUT2D eigenvalue weighted by Crippen LogP contribution is 2.30. The van der Waals surface area contributed by atoms with E-state index in [1.165, 1.54) is 12.8 Å². The van der Waals surface area contributed by atoms with Crippen LogP contribution in [0.5, 0.6) is 5.75 Å². The van der Waals surface area contributed by atoms with Crippen LogP contribution in [0.3, 0.4) is 0 Å². The molecule has 1 atom stereocenters. The summed E-state index contributed by atoms with van der Waals surface area (Å²) in [4.78, 5) is 4.39.